The molecule has 3 aromatic carbocycles. The molecule has 1 aliphatic heterocycles. The van der Waals surface area contributed by atoms with Crippen LogP contribution in [0.3, 0.4) is 0 Å². The number of benzene rings is 3. The molecule has 12 heteroatoms. The topological polar surface area (TPSA) is 177 Å². The molecule has 1 heterocycles. The lowest BCUT2D eigenvalue weighted by Gasteiger charge is -2.19. The van der Waals surface area contributed by atoms with Gasteiger partial charge in [0.2, 0.25) is 26.0 Å². The summed E-state index contributed by atoms with van der Waals surface area (Å²) in [5.41, 5.74) is 8.34. The fraction of sp³-hybridized carbons (Fsp3) is 0.200. The Labute approximate surface area is 215 Å². The summed E-state index contributed by atoms with van der Waals surface area (Å²) in [6.45, 7) is 0.140. The van der Waals surface area contributed by atoms with E-state index in [1.165, 1.54) is 10.4 Å². The number of carbonyl (C=O) groups excluding carboxylic acids is 1. The lowest BCUT2D eigenvalue weighted by molar-refractivity contribution is -0.119. The highest BCUT2D eigenvalue weighted by Crippen LogP contribution is 2.35. The standard InChI is InChI=1S/C25H27N5O5S2/c1-36(32,33)30-14-21(17-5-4-6-18(13-17)24(26)27)22(15-30)25(31)29-19-11-9-16(10-12-19)20-7-2-3-8-23(20)37(28,34)35/h2-13,21-22H,14-15H2,1H3,(H3,26,27)(H,29,31)(H2,28,34,35)/t21-,22+/m1/s1. The monoisotopic (exact) mass is 541 g/mol. The zero-order chi connectivity index (χ0) is 27.0. The van der Waals surface area contributed by atoms with Gasteiger partial charge < -0.3 is 11.1 Å². The number of hydrogen-bond donors (Lipinski definition) is 4. The Morgan fingerprint density at radius 1 is 0.973 bits per heavy atom. The van der Waals surface area contributed by atoms with Crippen molar-refractivity contribution in [3.05, 3.63) is 83.9 Å². The molecular formula is C25H27N5O5S2. The summed E-state index contributed by atoms with van der Waals surface area (Å²) >= 11 is 0. The van der Waals surface area contributed by atoms with Crippen molar-refractivity contribution >= 4 is 37.5 Å². The van der Waals surface area contributed by atoms with Gasteiger partial charge in [0.1, 0.15) is 5.84 Å². The Hall–Kier alpha value is -3.58. The van der Waals surface area contributed by atoms with Gasteiger partial charge in [-0.1, -0.05) is 48.5 Å². The Balaban J connectivity index is 1.59. The average Bonchev–Trinajstić information content (AvgIpc) is 3.31. The van der Waals surface area contributed by atoms with E-state index in [1.54, 1.807) is 66.7 Å². The molecule has 2 atom stereocenters. The second kappa shape index (κ2) is 10.1. The van der Waals surface area contributed by atoms with Crippen LogP contribution in [0.25, 0.3) is 11.1 Å². The van der Waals surface area contributed by atoms with Gasteiger partial charge in [-0.15, -0.1) is 0 Å². The number of amides is 1. The number of rotatable bonds is 7. The minimum Gasteiger partial charge on any atom is -0.384 e. The minimum atomic E-state index is -3.92. The van der Waals surface area contributed by atoms with Crippen molar-refractivity contribution in [3.63, 3.8) is 0 Å². The summed E-state index contributed by atoms with van der Waals surface area (Å²) in [7, 11) is -7.46. The SMILES string of the molecule is CS(=O)(=O)N1C[C@H](C(=O)Nc2ccc(-c3ccccc3S(N)(=O)=O)cc2)[C@@H](c2cccc(C(=N)N)c2)C1. The zero-order valence-corrected chi connectivity index (χ0v) is 21.6. The van der Waals surface area contributed by atoms with Crippen LogP contribution in [-0.4, -0.2) is 52.2 Å². The molecule has 10 nitrogen and oxygen atoms in total. The van der Waals surface area contributed by atoms with Crippen LogP contribution in [0.2, 0.25) is 0 Å². The van der Waals surface area contributed by atoms with Gasteiger partial charge in [0.25, 0.3) is 0 Å². The fourth-order valence-electron chi connectivity index (χ4n) is 4.50. The lowest BCUT2D eigenvalue weighted by Crippen LogP contribution is -2.31. The zero-order valence-electron chi connectivity index (χ0n) is 20.0. The molecule has 194 valence electrons. The molecule has 1 amide bonds. The van der Waals surface area contributed by atoms with Gasteiger partial charge in [-0.05, 0) is 35.4 Å². The third-order valence-corrected chi connectivity index (χ3v) is 8.58. The molecular weight excluding hydrogens is 514 g/mol. The van der Waals surface area contributed by atoms with Crippen molar-refractivity contribution in [3.8, 4) is 11.1 Å². The first kappa shape index (κ1) is 26.5. The third-order valence-electron chi connectivity index (χ3n) is 6.37. The number of carbonyl (C=O) groups is 1. The number of nitrogens with two attached hydrogens (primary N) is 2. The van der Waals surface area contributed by atoms with E-state index >= 15 is 0 Å². The molecule has 0 spiro atoms. The van der Waals surface area contributed by atoms with Crippen molar-refractivity contribution in [2.45, 2.75) is 10.8 Å². The van der Waals surface area contributed by atoms with Gasteiger partial charge in [-0.3, -0.25) is 10.2 Å². The van der Waals surface area contributed by atoms with Crippen molar-refractivity contribution in [1.82, 2.24) is 4.31 Å². The van der Waals surface area contributed by atoms with E-state index in [9.17, 15) is 21.6 Å². The van der Waals surface area contributed by atoms with Crippen molar-refractivity contribution in [2.24, 2.45) is 16.8 Å². The number of anilines is 1. The third kappa shape index (κ3) is 5.88. The summed E-state index contributed by atoms with van der Waals surface area (Å²) in [5, 5.41) is 15.9. The van der Waals surface area contributed by atoms with Gasteiger partial charge in [0.15, 0.2) is 0 Å². The Morgan fingerprint density at radius 3 is 2.27 bits per heavy atom. The summed E-state index contributed by atoms with van der Waals surface area (Å²) in [6.07, 6.45) is 1.11. The van der Waals surface area contributed by atoms with Crippen molar-refractivity contribution in [2.75, 3.05) is 24.7 Å². The number of nitrogens with zero attached hydrogens (tertiary/aromatic N) is 1. The maximum atomic E-state index is 13.3. The minimum absolute atomic E-state index is 0.00533. The molecule has 6 N–H and O–H groups in total. The second-order valence-corrected chi connectivity index (χ2v) is 12.5. The molecule has 1 fully saturated rings. The smallest absolute Gasteiger partial charge is 0.238 e. The van der Waals surface area contributed by atoms with Crippen LogP contribution in [0.5, 0.6) is 0 Å². The van der Waals surface area contributed by atoms with Crippen LogP contribution in [0, 0.1) is 11.3 Å². The number of primary sulfonamides is 1. The van der Waals surface area contributed by atoms with Gasteiger partial charge in [0, 0.05) is 35.8 Å². The van der Waals surface area contributed by atoms with Crippen LogP contribution >= 0.6 is 0 Å². The van der Waals surface area contributed by atoms with E-state index in [2.05, 4.69) is 5.32 Å². The number of sulfonamides is 2. The predicted molar refractivity (Wildman–Crippen MR) is 142 cm³/mol. The highest BCUT2D eigenvalue weighted by molar-refractivity contribution is 7.89. The normalized spacial score (nSPS) is 18.4. The van der Waals surface area contributed by atoms with Crippen LogP contribution < -0.4 is 16.2 Å². The number of nitrogen functional groups attached to an aromatic ring is 1. The number of nitrogens with one attached hydrogen (secondary N) is 2. The summed E-state index contributed by atoms with van der Waals surface area (Å²) < 4.78 is 49.7. The highest BCUT2D eigenvalue weighted by atomic mass is 32.2. The summed E-state index contributed by atoms with van der Waals surface area (Å²) in [6, 6.07) is 19.9. The van der Waals surface area contributed by atoms with Crippen LogP contribution in [0.15, 0.2) is 77.7 Å². The maximum Gasteiger partial charge on any atom is 0.238 e. The fourth-order valence-corrected chi connectivity index (χ4v) is 6.12. The van der Waals surface area contributed by atoms with E-state index in [4.69, 9.17) is 16.3 Å². The van der Waals surface area contributed by atoms with E-state index < -0.39 is 31.9 Å². The Bertz CT molecular complexity index is 1570. The summed E-state index contributed by atoms with van der Waals surface area (Å²) in [4.78, 5) is 13.3. The molecule has 37 heavy (non-hydrogen) atoms. The largest absolute Gasteiger partial charge is 0.384 e. The van der Waals surface area contributed by atoms with Crippen LogP contribution in [0.1, 0.15) is 17.0 Å². The second-order valence-electron chi connectivity index (χ2n) is 8.94. The first-order chi connectivity index (χ1) is 17.3. The quantitative estimate of drug-likeness (QED) is 0.262. The average molecular weight is 542 g/mol. The van der Waals surface area contributed by atoms with Gasteiger partial charge >= 0.3 is 0 Å². The molecule has 3 aromatic rings. The van der Waals surface area contributed by atoms with E-state index in [-0.39, 0.29) is 29.7 Å². The number of amidine groups is 1. The number of hydrogen-bond acceptors (Lipinski definition) is 6. The maximum absolute atomic E-state index is 13.3. The van der Waals surface area contributed by atoms with Crippen molar-refractivity contribution in [1.29, 1.82) is 5.41 Å². The first-order valence-electron chi connectivity index (χ1n) is 11.3. The molecule has 4 rings (SSSR count). The first-order valence-corrected chi connectivity index (χ1v) is 14.7. The Morgan fingerprint density at radius 2 is 1.65 bits per heavy atom. The van der Waals surface area contributed by atoms with E-state index in [1.807, 2.05) is 0 Å². The van der Waals surface area contributed by atoms with Crippen molar-refractivity contribution < 1.29 is 21.6 Å². The molecule has 0 unspecified atom stereocenters. The molecule has 0 saturated carbocycles. The van der Waals surface area contributed by atoms with Crippen LogP contribution in [0.4, 0.5) is 5.69 Å². The lowest BCUT2D eigenvalue weighted by atomic mass is 9.87. The molecule has 1 saturated heterocycles. The Kier molecular flexibility index (Phi) is 7.20. The molecule has 0 radical (unpaired) electrons. The van der Waals surface area contributed by atoms with Crippen LogP contribution in [-0.2, 0) is 24.8 Å². The van der Waals surface area contributed by atoms with Gasteiger partial charge in [0.05, 0.1) is 17.1 Å². The highest BCUT2D eigenvalue weighted by Gasteiger charge is 2.42. The predicted octanol–water partition coefficient (Wildman–Crippen LogP) is 1.90. The molecule has 0 aliphatic carbocycles. The van der Waals surface area contributed by atoms with Gasteiger partial charge in [-0.25, -0.2) is 26.3 Å². The summed E-state index contributed by atoms with van der Waals surface area (Å²) in [5.74, 6) is -1.60. The van der Waals surface area contributed by atoms with Gasteiger partial charge in [-0.2, -0.15) is 0 Å². The van der Waals surface area contributed by atoms with E-state index in [0.717, 1.165) is 6.26 Å². The van der Waals surface area contributed by atoms with E-state index in [0.29, 0.717) is 27.9 Å². The molecule has 0 aromatic heterocycles. The molecule has 0 bridgehead atoms. The molecule has 1 aliphatic rings.